The van der Waals surface area contributed by atoms with Crippen molar-refractivity contribution >= 4 is 12.2 Å². The molecule has 0 saturated heterocycles. The van der Waals surface area contributed by atoms with Crippen LogP contribution in [0.5, 0.6) is 0 Å². The third-order valence-corrected chi connectivity index (χ3v) is 1.59. The molecule has 0 rings (SSSR count). The maximum atomic E-state index is 10.6. The van der Waals surface area contributed by atoms with Crippen molar-refractivity contribution in [1.29, 1.82) is 0 Å². The van der Waals surface area contributed by atoms with Gasteiger partial charge in [0, 0.05) is 0 Å². The molecule has 0 aliphatic heterocycles. The molecular weight excluding hydrogens is 142 g/mol. The van der Waals surface area contributed by atoms with Gasteiger partial charge in [0.15, 0.2) is 0 Å². The third kappa shape index (κ3) is 4.53. The molecule has 0 radical (unpaired) electrons. The van der Waals surface area contributed by atoms with Gasteiger partial charge in [-0.3, -0.25) is 4.99 Å². The smallest absolute Gasteiger partial charge is 0.348 e. The second-order valence-electron chi connectivity index (χ2n) is 2.95. The van der Waals surface area contributed by atoms with E-state index in [1.807, 2.05) is 20.8 Å². The van der Waals surface area contributed by atoms with Gasteiger partial charge in [-0.05, 0) is 20.3 Å². The number of hydrogen-bond donors (Lipinski definition) is 0. The van der Waals surface area contributed by atoms with Crippen molar-refractivity contribution < 1.29 is 9.53 Å². The first-order chi connectivity index (χ1) is 5.02. The summed E-state index contributed by atoms with van der Waals surface area (Å²) in [5, 5.41) is 0. The minimum Gasteiger partial charge on any atom is -0.465 e. The number of ether oxygens (including phenoxy) is 1. The molecule has 0 N–H and O–H groups in total. The maximum absolute atomic E-state index is 10.6. The Morgan fingerprint density at radius 2 is 2.18 bits per heavy atom. The fourth-order valence-corrected chi connectivity index (χ4v) is 0.371. The van der Waals surface area contributed by atoms with E-state index < -0.39 is 5.97 Å². The number of aliphatic imine (C=N–C) groups is 1. The van der Waals surface area contributed by atoms with Gasteiger partial charge < -0.3 is 4.74 Å². The van der Waals surface area contributed by atoms with Crippen molar-refractivity contribution in [2.24, 2.45) is 4.99 Å². The highest BCUT2D eigenvalue weighted by Crippen LogP contribution is 2.11. The SMILES string of the molecule is CCC(C)(C)N=CC(=O)OC. The zero-order valence-electron chi connectivity index (χ0n) is 7.55. The molecule has 0 amide bonds. The molecule has 0 aromatic rings. The summed E-state index contributed by atoms with van der Waals surface area (Å²) in [5.74, 6) is -0.397. The Morgan fingerprint density at radius 3 is 2.55 bits per heavy atom. The van der Waals surface area contributed by atoms with Crippen molar-refractivity contribution in [3.8, 4) is 0 Å². The number of esters is 1. The Morgan fingerprint density at radius 1 is 1.64 bits per heavy atom. The van der Waals surface area contributed by atoms with E-state index in [4.69, 9.17) is 0 Å². The summed E-state index contributed by atoms with van der Waals surface area (Å²) in [7, 11) is 1.34. The summed E-state index contributed by atoms with van der Waals surface area (Å²) in [6.07, 6.45) is 2.13. The quantitative estimate of drug-likeness (QED) is 0.459. The molecule has 0 aromatic carbocycles. The third-order valence-electron chi connectivity index (χ3n) is 1.59. The first kappa shape index (κ1) is 10.1. The summed E-state index contributed by atoms with van der Waals surface area (Å²) in [4.78, 5) is 14.6. The topological polar surface area (TPSA) is 38.7 Å². The lowest BCUT2D eigenvalue weighted by Crippen LogP contribution is -2.16. The van der Waals surface area contributed by atoms with Gasteiger partial charge >= 0.3 is 5.97 Å². The molecule has 0 aromatic heterocycles. The summed E-state index contributed by atoms with van der Waals surface area (Å²) in [6.45, 7) is 5.95. The first-order valence-corrected chi connectivity index (χ1v) is 3.65. The minimum absolute atomic E-state index is 0.159. The number of hydrogen-bond acceptors (Lipinski definition) is 3. The number of nitrogens with zero attached hydrogens (tertiary/aromatic N) is 1. The van der Waals surface area contributed by atoms with Crippen LogP contribution < -0.4 is 0 Å². The van der Waals surface area contributed by atoms with Crippen LogP contribution in [-0.4, -0.2) is 24.8 Å². The van der Waals surface area contributed by atoms with Crippen LogP contribution in [-0.2, 0) is 9.53 Å². The van der Waals surface area contributed by atoms with Gasteiger partial charge in [-0.1, -0.05) is 6.92 Å². The van der Waals surface area contributed by atoms with Crippen molar-refractivity contribution in [3.05, 3.63) is 0 Å². The molecule has 0 spiro atoms. The van der Waals surface area contributed by atoms with Crippen LogP contribution in [0.3, 0.4) is 0 Å². The molecule has 0 unspecified atom stereocenters. The number of carbonyl (C=O) groups excluding carboxylic acids is 1. The lowest BCUT2D eigenvalue weighted by atomic mass is 10.0. The van der Waals surface area contributed by atoms with E-state index in [1.54, 1.807) is 0 Å². The fourth-order valence-electron chi connectivity index (χ4n) is 0.371. The van der Waals surface area contributed by atoms with E-state index in [0.717, 1.165) is 6.42 Å². The van der Waals surface area contributed by atoms with E-state index in [9.17, 15) is 4.79 Å². The van der Waals surface area contributed by atoms with Crippen LogP contribution >= 0.6 is 0 Å². The largest absolute Gasteiger partial charge is 0.465 e. The maximum Gasteiger partial charge on any atom is 0.348 e. The summed E-state index contributed by atoms with van der Waals surface area (Å²) in [5.41, 5.74) is -0.159. The number of rotatable bonds is 3. The normalized spacial score (nSPS) is 12.0. The Bertz CT molecular complexity index is 161. The van der Waals surface area contributed by atoms with E-state index in [0.29, 0.717) is 0 Å². The fraction of sp³-hybridized carbons (Fsp3) is 0.750. The zero-order valence-corrected chi connectivity index (χ0v) is 7.55. The van der Waals surface area contributed by atoms with Crippen molar-refractivity contribution in [1.82, 2.24) is 0 Å². The molecule has 0 saturated carbocycles. The first-order valence-electron chi connectivity index (χ1n) is 3.65. The molecule has 0 bridgehead atoms. The lowest BCUT2D eigenvalue weighted by Gasteiger charge is -2.15. The van der Waals surface area contributed by atoms with E-state index in [1.165, 1.54) is 13.3 Å². The summed E-state index contributed by atoms with van der Waals surface area (Å²) in [6, 6.07) is 0. The van der Waals surface area contributed by atoms with Gasteiger partial charge in [0.05, 0.1) is 12.6 Å². The van der Waals surface area contributed by atoms with E-state index in [2.05, 4.69) is 9.73 Å². The summed E-state index contributed by atoms with van der Waals surface area (Å²) < 4.78 is 4.40. The van der Waals surface area contributed by atoms with Gasteiger partial charge in [0.2, 0.25) is 0 Å². The molecule has 3 nitrogen and oxygen atoms in total. The van der Waals surface area contributed by atoms with Gasteiger partial charge in [0.25, 0.3) is 0 Å². The summed E-state index contributed by atoms with van der Waals surface area (Å²) >= 11 is 0. The molecule has 0 heterocycles. The lowest BCUT2D eigenvalue weighted by molar-refractivity contribution is -0.132. The van der Waals surface area contributed by atoms with Crippen LogP contribution in [0.1, 0.15) is 27.2 Å². The van der Waals surface area contributed by atoms with Gasteiger partial charge in [-0.15, -0.1) is 0 Å². The van der Waals surface area contributed by atoms with Crippen LogP contribution in [0.15, 0.2) is 4.99 Å². The number of carbonyl (C=O) groups is 1. The van der Waals surface area contributed by atoms with E-state index in [-0.39, 0.29) is 5.54 Å². The molecular formula is C8H15NO2. The molecule has 3 heteroatoms. The van der Waals surface area contributed by atoms with Crippen molar-refractivity contribution in [2.45, 2.75) is 32.7 Å². The van der Waals surface area contributed by atoms with Gasteiger partial charge in [0.1, 0.15) is 6.21 Å². The van der Waals surface area contributed by atoms with Crippen molar-refractivity contribution in [3.63, 3.8) is 0 Å². The predicted molar refractivity (Wildman–Crippen MR) is 44.9 cm³/mol. The molecule has 0 atom stereocenters. The highest BCUT2D eigenvalue weighted by molar-refractivity contribution is 6.23. The zero-order chi connectivity index (χ0) is 8.91. The average molecular weight is 157 g/mol. The molecule has 0 aliphatic rings. The Balaban J connectivity index is 4.01. The second kappa shape index (κ2) is 4.11. The van der Waals surface area contributed by atoms with Crippen LogP contribution in [0.25, 0.3) is 0 Å². The van der Waals surface area contributed by atoms with Crippen LogP contribution in [0.4, 0.5) is 0 Å². The predicted octanol–water partition coefficient (Wildman–Crippen LogP) is 1.42. The van der Waals surface area contributed by atoms with Gasteiger partial charge in [-0.25, -0.2) is 4.79 Å². The highest BCUT2D eigenvalue weighted by atomic mass is 16.5. The average Bonchev–Trinajstić information content (AvgIpc) is 2.00. The molecule has 64 valence electrons. The standard InChI is InChI=1S/C8H15NO2/c1-5-8(2,3)9-6-7(10)11-4/h6H,5H2,1-4H3. The van der Waals surface area contributed by atoms with E-state index >= 15 is 0 Å². The highest BCUT2D eigenvalue weighted by Gasteiger charge is 2.11. The van der Waals surface area contributed by atoms with Crippen LogP contribution in [0.2, 0.25) is 0 Å². The monoisotopic (exact) mass is 157 g/mol. The van der Waals surface area contributed by atoms with Crippen molar-refractivity contribution in [2.75, 3.05) is 7.11 Å². The minimum atomic E-state index is -0.397. The Labute approximate surface area is 67.5 Å². The Kier molecular flexibility index (Phi) is 3.79. The molecule has 11 heavy (non-hydrogen) atoms. The van der Waals surface area contributed by atoms with Gasteiger partial charge in [-0.2, -0.15) is 0 Å². The molecule has 0 fully saturated rings. The molecule has 0 aliphatic carbocycles. The number of methoxy groups -OCH3 is 1. The van der Waals surface area contributed by atoms with Crippen LogP contribution in [0, 0.1) is 0 Å². The Hall–Kier alpha value is -0.860. The second-order valence-corrected chi connectivity index (χ2v) is 2.95.